The van der Waals surface area contributed by atoms with Crippen LogP contribution in [-0.4, -0.2) is 38.6 Å². The summed E-state index contributed by atoms with van der Waals surface area (Å²) in [6.07, 6.45) is 3.62. The largest absolute Gasteiger partial charge is 0.378 e. The molecule has 0 aromatic heterocycles. The van der Waals surface area contributed by atoms with Gasteiger partial charge in [-0.2, -0.15) is 0 Å². The number of amides is 1. The van der Waals surface area contributed by atoms with Crippen molar-refractivity contribution in [3.63, 3.8) is 0 Å². The fraction of sp³-hybridized carbons (Fsp3) is 0.562. The molecule has 20 heavy (non-hydrogen) atoms. The van der Waals surface area contributed by atoms with E-state index in [1.165, 1.54) is 12.8 Å². The van der Waals surface area contributed by atoms with Crippen molar-refractivity contribution in [2.75, 3.05) is 25.5 Å². The van der Waals surface area contributed by atoms with Crippen LogP contribution in [0, 0.1) is 0 Å². The maximum Gasteiger partial charge on any atom is 0.251 e. The normalized spacial score (nSPS) is 20.2. The van der Waals surface area contributed by atoms with Crippen LogP contribution < -0.4 is 15.5 Å². The summed E-state index contributed by atoms with van der Waals surface area (Å²) in [5.41, 5.74) is 1.82. The van der Waals surface area contributed by atoms with Crippen molar-refractivity contribution in [2.24, 2.45) is 0 Å². The fourth-order valence-corrected chi connectivity index (χ4v) is 2.61. The second-order valence-corrected chi connectivity index (χ2v) is 5.76. The predicted molar refractivity (Wildman–Crippen MR) is 83.3 cm³/mol. The summed E-state index contributed by atoms with van der Waals surface area (Å²) in [7, 11) is 3.98. The van der Waals surface area contributed by atoms with Gasteiger partial charge in [-0.05, 0) is 50.6 Å². The lowest BCUT2D eigenvalue weighted by Gasteiger charge is -2.29. The molecule has 1 aliphatic rings. The lowest BCUT2D eigenvalue weighted by Crippen LogP contribution is -2.50. The standard InChI is InChI=1S/C16H25N3O/c1-12(15-6-4-5-11-17-15)18-16(20)13-7-9-14(10-8-13)19(2)3/h7-10,12,15,17H,4-6,11H2,1-3H3,(H,18,20). The van der Waals surface area contributed by atoms with Crippen LogP contribution in [0.5, 0.6) is 0 Å². The van der Waals surface area contributed by atoms with Gasteiger partial charge in [-0.3, -0.25) is 4.79 Å². The topological polar surface area (TPSA) is 44.4 Å². The average Bonchev–Trinajstić information content (AvgIpc) is 2.48. The Labute approximate surface area is 121 Å². The third-order valence-corrected chi connectivity index (χ3v) is 3.96. The van der Waals surface area contributed by atoms with E-state index in [0.717, 1.165) is 24.2 Å². The maximum absolute atomic E-state index is 12.2. The highest BCUT2D eigenvalue weighted by Gasteiger charge is 2.21. The lowest BCUT2D eigenvalue weighted by molar-refractivity contribution is 0.0928. The van der Waals surface area contributed by atoms with Crippen LogP contribution in [0.15, 0.2) is 24.3 Å². The molecule has 2 unspecified atom stereocenters. The molecule has 0 spiro atoms. The average molecular weight is 275 g/mol. The fourth-order valence-electron chi connectivity index (χ4n) is 2.61. The Morgan fingerprint density at radius 1 is 1.30 bits per heavy atom. The minimum atomic E-state index is 0.00943. The molecule has 1 aromatic rings. The molecular formula is C16H25N3O. The molecule has 1 saturated heterocycles. The summed E-state index contributed by atoms with van der Waals surface area (Å²) in [5, 5.41) is 6.58. The van der Waals surface area contributed by atoms with E-state index in [2.05, 4.69) is 17.6 Å². The summed E-state index contributed by atoms with van der Waals surface area (Å²) >= 11 is 0. The Morgan fingerprint density at radius 2 is 2.00 bits per heavy atom. The molecule has 4 nitrogen and oxygen atoms in total. The van der Waals surface area contributed by atoms with Gasteiger partial charge in [0.1, 0.15) is 0 Å². The van der Waals surface area contributed by atoms with Crippen LogP contribution in [0.25, 0.3) is 0 Å². The number of nitrogens with one attached hydrogen (secondary N) is 2. The van der Waals surface area contributed by atoms with Crippen LogP contribution in [0.2, 0.25) is 0 Å². The van der Waals surface area contributed by atoms with Crippen LogP contribution in [-0.2, 0) is 0 Å². The molecule has 0 bridgehead atoms. The number of piperidine rings is 1. The van der Waals surface area contributed by atoms with E-state index in [1.54, 1.807) is 0 Å². The molecule has 1 aliphatic heterocycles. The monoisotopic (exact) mass is 275 g/mol. The smallest absolute Gasteiger partial charge is 0.251 e. The van der Waals surface area contributed by atoms with E-state index in [9.17, 15) is 4.79 Å². The summed E-state index contributed by atoms with van der Waals surface area (Å²) in [4.78, 5) is 14.3. The molecule has 2 N–H and O–H groups in total. The Hall–Kier alpha value is -1.55. The van der Waals surface area contributed by atoms with Crippen molar-refractivity contribution in [1.82, 2.24) is 10.6 Å². The number of nitrogens with zero attached hydrogens (tertiary/aromatic N) is 1. The van der Waals surface area contributed by atoms with Crippen LogP contribution in [0.4, 0.5) is 5.69 Å². The number of benzene rings is 1. The van der Waals surface area contributed by atoms with Gasteiger partial charge in [0.2, 0.25) is 0 Å². The second kappa shape index (κ2) is 6.75. The summed E-state index contributed by atoms with van der Waals surface area (Å²) < 4.78 is 0. The zero-order valence-electron chi connectivity index (χ0n) is 12.6. The third kappa shape index (κ3) is 3.73. The van der Waals surface area contributed by atoms with Gasteiger partial charge >= 0.3 is 0 Å². The highest BCUT2D eigenvalue weighted by molar-refractivity contribution is 5.94. The van der Waals surface area contributed by atoms with E-state index in [0.29, 0.717) is 6.04 Å². The van der Waals surface area contributed by atoms with Gasteiger partial charge in [0.05, 0.1) is 0 Å². The molecule has 110 valence electrons. The highest BCUT2D eigenvalue weighted by Crippen LogP contribution is 2.14. The molecule has 2 atom stereocenters. The van der Waals surface area contributed by atoms with Gasteiger partial charge < -0.3 is 15.5 Å². The minimum absolute atomic E-state index is 0.00943. The molecule has 0 radical (unpaired) electrons. The van der Waals surface area contributed by atoms with Crippen molar-refractivity contribution in [2.45, 2.75) is 38.3 Å². The van der Waals surface area contributed by atoms with Crippen LogP contribution >= 0.6 is 0 Å². The first-order valence-corrected chi connectivity index (χ1v) is 7.39. The number of carbonyl (C=O) groups is 1. The Morgan fingerprint density at radius 3 is 2.55 bits per heavy atom. The van der Waals surface area contributed by atoms with E-state index in [-0.39, 0.29) is 11.9 Å². The first-order chi connectivity index (χ1) is 9.58. The molecule has 1 heterocycles. The third-order valence-electron chi connectivity index (χ3n) is 3.96. The van der Waals surface area contributed by atoms with Gasteiger partial charge in [-0.25, -0.2) is 0 Å². The van der Waals surface area contributed by atoms with E-state index >= 15 is 0 Å². The summed E-state index contributed by atoms with van der Waals surface area (Å²) in [6, 6.07) is 8.26. The first-order valence-electron chi connectivity index (χ1n) is 7.39. The zero-order valence-corrected chi connectivity index (χ0v) is 12.6. The van der Waals surface area contributed by atoms with Gasteiger partial charge in [0.25, 0.3) is 5.91 Å². The van der Waals surface area contributed by atoms with E-state index < -0.39 is 0 Å². The zero-order chi connectivity index (χ0) is 14.5. The number of hydrogen-bond acceptors (Lipinski definition) is 3. The van der Waals surface area contributed by atoms with Gasteiger partial charge in [-0.15, -0.1) is 0 Å². The molecule has 1 amide bonds. The summed E-state index contributed by atoms with van der Waals surface area (Å²) in [6.45, 7) is 3.14. The molecule has 2 rings (SSSR count). The Kier molecular flexibility index (Phi) is 5.01. The molecule has 1 aromatic carbocycles. The molecular weight excluding hydrogens is 250 g/mol. The quantitative estimate of drug-likeness (QED) is 0.883. The van der Waals surface area contributed by atoms with Crippen molar-refractivity contribution in [1.29, 1.82) is 0 Å². The van der Waals surface area contributed by atoms with Crippen molar-refractivity contribution in [3.05, 3.63) is 29.8 Å². The minimum Gasteiger partial charge on any atom is -0.378 e. The number of hydrogen-bond donors (Lipinski definition) is 2. The van der Waals surface area contributed by atoms with E-state index in [1.807, 2.05) is 43.3 Å². The SMILES string of the molecule is CC(NC(=O)c1ccc(N(C)C)cc1)C1CCCCN1. The lowest BCUT2D eigenvalue weighted by atomic mass is 9.99. The van der Waals surface area contributed by atoms with Crippen molar-refractivity contribution < 1.29 is 4.79 Å². The highest BCUT2D eigenvalue weighted by atomic mass is 16.1. The molecule has 0 aliphatic carbocycles. The molecule has 0 saturated carbocycles. The summed E-state index contributed by atoms with van der Waals surface area (Å²) in [5.74, 6) is 0.00943. The Balaban J connectivity index is 1.93. The van der Waals surface area contributed by atoms with Gasteiger partial charge in [-0.1, -0.05) is 6.42 Å². The second-order valence-electron chi connectivity index (χ2n) is 5.76. The van der Waals surface area contributed by atoms with E-state index in [4.69, 9.17) is 0 Å². The molecule has 1 fully saturated rings. The van der Waals surface area contributed by atoms with Crippen LogP contribution in [0.1, 0.15) is 36.5 Å². The first kappa shape index (κ1) is 14.9. The van der Waals surface area contributed by atoms with Crippen molar-refractivity contribution >= 4 is 11.6 Å². The number of carbonyl (C=O) groups excluding carboxylic acids is 1. The maximum atomic E-state index is 12.2. The number of anilines is 1. The van der Waals surface area contributed by atoms with Gasteiger partial charge in [0, 0.05) is 37.4 Å². The predicted octanol–water partition coefficient (Wildman–Crippen LogP) is 2.01. The Bertz CT molecular complexity index is 436. The number of rotatable bonds is 4. The molecule has 4 heteroatoms. The van der Waals surface area contributed by atoms with Gasteiger partial charge in [0.15, 0.2) is 0 Å². The van der Waals surface area contributed by atoms with Crippen molar-refractivity contribution in [3.8, 4) is 0 Å². The van der Waals surface area contributed by atoms with Crippen LogP contribution in [0.3, 0.4) is 0 Å².